The van der Waals surface area contributed by atoms with Gasteiger partial charge in [-0.05, 0) is 61.0 Å². The van der Waals surface area contributed by atoms with Gasteiger partial charge < -0.3 is 4.74 Å². The minimum Gasteiger partial charge on any atom is -0.494 e. The molecular weight excluding hydrogens is 426 g/mol. The topological polar surface area (TPSA) is 46.6 Å². The molecule has 6 heteroatoms. The molecule has 3 aromatic carbocycles. The molecular formula is C21H20BrNO3S. The fourth-order valence-corrected chi connectivity index (χ4v) is 4.40. The summed E-state index contributed by atoms with van der Waals surface area (Å²) in [6.45, 7) is 2.70. The first-order chi connectivity index (χ1) is 13.0. The van der Waals surface area contributed by atoms with E-state index < -0.39 is 10.0 Å². The monoisotopic (exact) mass is 445 g/mol. The van der Waals surface area contributed by atoms with Crippen molar-refractivity contribution in [2.24, 2.45) is 0 Å². The van der Waals surface area contributed by atoms with Gasteiger partial charge in [0.15, 0.2) is 0 Å². The summed E-state index contributed by atoms with van der Waals surface area (Å²) in [4.78, 5) is 0.260. The lowest BCUT2D eigenvalue weighted by Gasteiger charge is -2.25. The van der Waals surface area contributed by atoms with E-state index in [-0.39, 0.29) is 11.4 Å². The van der Waals surface area contributed by atoms with Crippen molar-refractivity contribution in [1.82, 2.24) is 0 Å². The van der Waals surface area contributed by atoms with Gasteiger partial charge in [-0.1, -0.05) is 46.3 Å². The van der Waals surface area contributed by atoms with Crippen LogP contribution in [0.2, 0.25) is 0 Å². The predicted molar refractivity (Wildman–Crippen MR) is 112 cm³/mol. The second kappa shape index (κ2) is 8.59. The van der Waals surface area contributed by atoms with E-state index in [1.165, 1.54) is 4.31 Å². The van der Waals surface area contributed by atoms with Gasteiger partial charge in [-0.3, -0.25) is 4.31 Å². The Kier molecular flexibility index (Phi) is 6.19. The molecule has 27 heavy (non-hydrogen) atoms. The first kappa shape index (κ1) is 19.5. The van der Waals surface area contributed by atoms with Crippen molar-refractivity contribution in [3.8, 4) is 5.75 Å². The fraction of sp³-hybridized carbons (Fsp3) is 0.143. The van der Waals surface area contributed by atoms with Crippen LogP contribution in [0.5, 0.6) is 5.75 Å². The van der Waals surface area contributed by atoms with E-state index in [0.717, 1.165) is 10.0 Å². The van der Waals surface area contributed by atoms with Crippen molar-refractivity contribution < 1.29 is 13.2 Å². The van der Waals surface area contributed by atoms with Gasteiger partial charge in [0.05, 0.1) is 23.7 Å². The molecule has 0 radical (unpaired) electrons. The van der Waals surface area contributed by atoms with Crippen molar-refractivity contribution in [2.45, 2.75) is 18.4 Å². The van der Waals surface area contributed by atoms with Crippen molar-refractivity contribution >= 4 is 31.6 Å². The van der Waals surface area contributed by atoms with Crippen molar-refractivity contribution in [3.63, 3.8) is 0 Å². The number of ether oxygens (including phenoxy) is 1. The zero-order valence-corrected chi connectivity index (χ0v) is 17.3. The van der Waals surface area contributed by atoms with E-state index in [2.05, 4.69) is 15.9 Å². The van der Waals surface area contributed by atoms with Crippen LogP contribution in [-0.4, -0.2) is 15.0 Å². The maximum atomic E-state index is 13.3. The van der Waals surface area contributed by atoms with Crippen LogP contribution in [-0.2, 0) is 16.6 Å². The van der Waals surface area contributed by atoms with Crippen LogP contribution in [0.15, 0.2) is 88.2 Å². The minimum atomic E-state index is -3.71. The number of rotatable bonds is 7. The summed E-state index contributed by atoms with van der Waals surface area (Å²) >= 11 is 3.41. The van der Waals surface area contributed by atoms with Gasteiger partial charge in [-0.25, -0.2) is 8.42 Å². The Hall–Kier alpha value is -2.31. The van der Waals surface area contributed by atoms with E-state index in [1.807, 2.05) is 31.2 Å². The molecule has 0 fully saturated rings. The first-order valence-corrected chi connectivity index (χ1v) is 10.8. The quantitative estimate of drug-likeness (QED) is 0.499. The Morgan fingerprint density at radius 3 is 2.11 bits per heavy atom. The lowest BCUT2D eigenvalue weighted by Crippen LogP contribution is -2.30. The second-order valence-corrected chi connectivity index (χ2v) is 8.66. The molecule has 0 aromatic heterocycles. The van der Waals surface area contributed by atoms with Crippen LogP contribution in [0.4, 0.5) is 5.69 Å². The maximum absolute atomic E-state index is 13.3. The van der Waals surface area contributed by atoms with Crippen LogP contribution in [0.1, 0.15) is 12.5 Å². The molecule has 0 N–H and O–H groups in total. The lowest BCUT2D eigenvalue weighted by molar-refractivity contribution is 0.340. The highest BCUT2D eigenvalue weighted by Gasteiger charge is 2.25. The number of benzene rings is 3. The molecule has 0 aliphatic heterocycles. The van der Waals surface area contributed by atoms with Crippen LogP contribution < -0.4 is 9.04 Å². The van der Waals surface area contributed by atoms with Gasteiger partial charge >= 0.3 is 0 Å². The fourth-order valence-electron chi connectivity index (χ4n) is 2.67. The molecule has 0 heterocycles. The molecule has 0 unspecified atom stereocenters. The molecule has 0 spiro atoms. The highest BCUT2D eigenvalue weighted by molar-refractivity contribution is 9.10. The van der Waals surface area contributed by atoms with Gasteiger partial charge in [0, 0.05) is 4.47 Å². The number of hydrogen-bond acceptors (Lipinski definition) is 3. The Labute approximate surface area is 168 Å². The highest BCUT2D eigenvalue weighted by atomic mass is 79.9. The largest absolute Gasteiger partial charge is 0.494 e. The van der Waals surface area contributed by atoms with Crippen molar-refractivity contribution in [2.75, 3.05) is 10.9 Å². The summed E-state index contributed by atoms with van der Waals surface area (Å²) in [5.74, 6) is 0.710. The van der Waals surface area contributed by atoms with Crippen molar-refractivity contribution in [1.29, 1.82) is 0 Å². The van der Waals surface area contributed by atoms with Gasteiger partial charge in [0.2, 0.25) is 0 Å². The summed E-state index contributed by atoms with van der Waals surface area (Å²) in [7, 11) is -3.71. The summed E-state index contributed by atoms with van der Waals surface area (Å²) in [5, 5.41) is 0. The predicted octanol–water partition coefficient (Wildman–Crippen LogP) is 5.24. The third-order valence-electron chi connectivity index (χ3n) is 4.01. The van der Waals surface area contributed by atoms with Crippen molar-refractivity contribution in [3.05, 3.63) is 88.9 Å². The van der Waals surface area contributed by atoms with Gasteiger partial charge in [-0.2, -0.15) is 0 Å². The normalized spacial score (nSPS) is 11.2. The number of hydrogen-bond donors (Lipinski definition) is 0. The molecule has 0 amide bonds. The number of nitrogens with zero attached hydrogens (tertiary/aromatic N) is 1. The molecule has 0 atom stereocenters. The third kappa shape index (κ3) is 4.70. The smallest absolute Gasteiger partial charge is 0.264 e. The molecule has 140 valence electrons. The molecule has 0 saturated heterocycles. The Bertz CT molecular complexity index is 972. The Balaban J connectivity index is 2.01. The second-order valence-electron chi connectivity index (χ2n) is 5.88. The average molecular weight is 446 g/mol. The van der Waals surface area contributed by atoms with E-state index in [4.69, 9.17) is 4.74 Å². The molecule has 3 rings (SSSR count). The van der Waals surface area contributed by atoms with E-state index in [9.17, 15) is 8.42 Å². The van der Waals surface area contributed by atoms with Crippen LogP contribution in [0.3, 0.4) is 0 Å². The van der Waals surface area contributed by atoms with E-state index in [0.29, 0.717) is 18.0 Å². The highest BCUT2D eigenvalue weighted by Crippen LogP contribution is 2.28. The van der Waals surface area contributed by atoms with Gasteiger partial charge in [-0.15, -0.1) is 0 Å². The SMILES string of the molecule is CCOc1ccc(N(Cc2ccc(Br)cc2)S(=O)(=O)c2ccccc2)cc1. The summed E-state index contributed by atoms with van der Waals surface area (Å²) in [5.41, 5.74) is 1.48. The Morgan fingerprint density at radius 1 is 0.889 bits per heavy atom. The lowest BCUT2D eigenvalue weighted by atomic mass is 10.2. The summed E-state index contributed by atoms with van der Waals surface area (Å²) in [6.07, 6.45) is 0. The standard InChI is InChI=1S/C21H20BrNO3S/c1-2-26-20-14-12-19(13-15-20)23(16-17-8-10-18(22)11-9-17)27(24,25)21-6-4-3-5-7-21/h3-15H,2,16H2,1H3. The number of anilines is 1. The molecule has 0 aliphatic carbocycles. The third-order valence-corrected chi connectivity index (χ3v) is 6.32. The van der Waals surface area contributed by atoms with Crippen LogP contribution in [0.25, 0.3) is 0 Å². The average Bonchev–Trinajstić information content (AvgIpc) is 2.69. The maximum Gasteiger partial charge on any atom is 0.264 e. The van der Waals surface area contributed by atoms with Gasteiger partial charge in [0.1, 0.15) is 5.75 Å². The molecule has 3 aromatic rings. The summed E-state index contributed by atoms with van der Waals surface area (Å²) < 4.78 is 34.4. The molecule has 0 aliphatic rings. The van der Waals surface area contributed by atoms with Gasteiger partial charge in [0.25, 0.3) is 10.0 Å². The molecule has 0 saturated carbocycles. The molecule has 4 nitrogen and oxygen atoms in total. The zero-order valence-electron chi connectivity index (χ0n) is 14.9. The van der Waals surface area contributed by atoms with E-state index >= 15 is 0 Å². The summed E-state index contributed by atoms with van der Waals surface area (Å²) in [6, 6.07) is 23.2. The van der Waals surface area contributed by atoms with Crippen LogP contribution in [0, 0.1) is 0 Å². The number of sulfonamides is 1. The van der Waals surface area contributed by atoms with Crippen LogP contribution >= 0.6 is 15.9 Å². The molecule has 0 bridgehead atoms. The Morgan fingerprint density at radius 2 is 1.52 bits per heavy atom. The number of halogens is 1. The minimum absolute atomic E-state index is 0.235. The first-order valence-electron chi connectivity index (χ1n) is 8.56. The zero-order chi connectivity index (χ0) is 19.3. The van der Waals surface area contributed by atoms with E-state index in [1.54, 1.807) is 54.6 Å².